The molecule has 100 valence electrons. The van der Waals surface area contributed by atoms with E-state index in [9.17, 15) is 14.3 Å². The van der Waals surface area contributed by atoms with Crippen LogP contribution in [0.3, 0.4) is 0 Å². The van der Waals surface area contributed by atoms with Crippen LogP contribution in [0.25, 0.3) is 5.70 Å². The molecule has 19 heavy (non-hydrogen) atoms. The number of dihydropyridines is 1. The molecule has 2 rings (SSSR count). The molecule has 0 fully saturated rings. The van der Waals surface area contributed by atoms with Crippen LogP contribution in [0, 0.1) is 0 Å². The Hall–Kier alpha value is -1.60. The van der Waals surface area contributed by atoms with Crippen LogP contribution in [0.15, 0.2) is 41.1 Å². The van der Waals surface area contributed by atoms with Crippen LogP contribution in [-0.2, 0) is 4.79 Å². The topological polar surface area (TPSA) is 88.2 Å². The Morgan fingerprint density at radius 3 is 2.84 bits per heavy atom. The lowest BCUT2D eigenvalue weighted by atomic mass is 10.1. The quantitative estimate of drug-likeness (QED) is 0.561. The summed E-state index contributed by atoms with van der Waals surface area (Å²) in [7, 11) is 0. The molecule has 8 heteroatoms. The van der Waals surface area contributed by atoms with E-state index in [1.54, 1.807) is 12.1 Å². The summed E-state index contributed by atoms with van der Waals surface area (Å²) < 4.78 is 12.2. The van der Waals surface area contributed by atoms with Crippen LogP contribution in [0.4, 0.5) is 4.39 Å². The molecule has 1 aliphatic heterocycles. The zero-order chi connectivity index (χ0) is 14.2. The lowest BCUT2D eigenvalue weighted by Crippen LogP contribution is -2.49. The number of rotatable bonds is 2. The SMILES string of the molecule is NC1=C(Cl)C(Br)(C(=O)O)NC(c2cccnc2)=C1F. The molecule has 2 heterocycles. The number of nitrogens with zero attached hydrogens (tertiary/aromatic N) is 1. The van der Waals surface area contributed by atoms with Crippen molar-refractivity contribution in [1.82, 2.24) is 10.3 Å². The van der Waals surface area contributed by atoms with Gasteiger partial charge in [0.2, 0.25) is 4.45 Å². The third-order valence-corrected chi connectivity index (χ3v) is 4.19. The van der Waals surface area contributed by atoms with E-state index >= 15 is 0 Å². The molecule has 1 aromatic rings. The molecule has 0 spiro atoms. The van der Waals surface area contributed by atoms with E-state index in [0.29, 0.717) is 5.56 Å². The summed E-state index contributed by atoms with van der Waals surface area (Å²) in [4.78, 5) is 15.1. The molecule has 1 aliphatic rings. The number of alkyl halides is 1. The molecule has 0 amide bonds. The van der Waals surface area contributed by atoms with E-state index in [1.165, 1.54) is 12.4 Å². The predicted molar refractivity (Wildman–Crippen MR) is 71.8 cm³/mol. The summed E-state index contributed by atoms with van der Waals surface area (Å²) in [5.74, 6) is -2.16. The Morgan fingerprint density at radius 1 is 1.63 bits per heavy atom. The van der Waals surface area contributed by atoms with Gasteiger partial charge in [0.25, 0.3) is 0 Å². The van der Waals surface area contributed by atoms with Gasteiger partial charge in [-0.2, -0.15) is 0 Å². The first-order valence-corrected chi connectivity index (χ1v) is 6.21. The van der Waals surface area contributed by atoms with Crippen LogP contribution in [-0.4, -0.2) is 20.5 Å². The van der Waals surface area contributed by atoms with Gasteiger partial charge in [0, 0.05) is 18.0 Å². The van der Waals surface area contributed by atoms with Crippen LogP contribution in [0.5, 0.6) is 0 Å². The Kier molecular flexibility index (Phi) is 3.51. The number of carboxylic acid groups (broad SMARTS) is 1. The first-order chi connectivity index (χ1) is 8.88. The van der Waals surface area contributed by atoms with E-state index < -0.39 is 21.9 Å². The van der Waals surface area contributed by atoms with E-state index in [4.69, 9.17) is 17.3 Å². The molecule has 5 nitrogen and oxygen atoms in total. The van der Waals surface area contributed by atoms with E-state index in [-0.39, 0.29) is 10.7 Å². The second kappa shape index (κ2) is 4.82. The normalized spacial score (nSPS) is 23.3. The summed E-state index contributed by atoms with van der Waals surface area (Å²) in [6.07, 6.45) is 2.89. The summed E-state index contributed by atoms with van der Waals surface area (Å²) in [6.45, 7) is 0. The van der Waals surface area contributed by atoms with E-state index in [0.717, 1.165) is 0 Å². The fourth-order valence-corrected chi connectivity index (χ4v) is 2.18. The van der Waals surface area contributed by atoms with Crippen molar-refractivity contribution in [1.29, 1.82) is 0 Å². The van der Waals surface area contributed by atoms with Gasteiger partial charge in [-0.05, 0) is 28.1 Å². The number of nitrogens with two attached hydrogens (primary N) is 1. The summed E-state index contributed by atoms with van der Waals surface area (Å²) >= 11 is 8.72. The monoisotopic (exact) mass is 347 g/mol. The third-order valence-electron chi connectivity index (χ3n) is 2.54. The lowest BCUT2D eigenvalue weighted by molar-refractivity contribution is -0.138. The number of carboxylic acids is 1. The van der Waals surface area contributed by atoms with Gasteiger partial charge < -0.3 is 16.2 Å². The Labute approximate surface area is 121 Å². The van der Waals surface area contributed by atoms with Gasteiger partial charge in [-0.15, -0.1) is 0 Å². The Morgan fingerprint density at radius 2 is 2.32 bits per heavy atom. The second-order valence-corrected chi connectivity index (χ2v) is 5.31. The number of halogens is 3. The highest BCUT2D eigenvalue weighted by Gasteiger charge is 2.45. The van der Waals surface area contributed by atoms with Crippen molar-refractivity contribution in [2.45, 2.75) is 4.45 Å². The van der Waals surface area contributed by atoms with Crippen LogP contribution >= 0.6 is 27.5 Å². The minimum atomic E-state index is -1.86. The minimum absolute atomic E-state index is 0.0886. The molecule has 1 aromatic heterocycles. The second-order valence-electron chi connectivity index (χ2n) is 3.75. The first-order valence-electron chi connectivity index (χ1n) is 5.04. The highest BCUT2D eigenvalue weighted by molar-refractivity contribution is 9.10. The summed E-state index contributed by atoms with van der Waals surface area (Å²) in [5.41, 5.74) is 5.36. The van der Waals surface area contributed by atoms with Crippen molar-refractivity contribution in [2.24, 2.45) is 5.73 Å². The maximum atomic E-state index is 14.1. The fraction of sp³-hybridized carbons (Fsp3) is 0.0909. The van der Waals surface area contributed by atoms with Crippen molar-refractivity contribution in [2.75, 3.05) is 0 Å². The molecule has 0 saturated heterocycles. The molecule has 1 atom stereocenters. The largest absolute Gasteiger partial charge is 0.479 e. The number of nitrogens with one attached hydrogen (secondary N) is 1. The van der Waals surface area contributed by atoms with Crippen LogP contribution in [0.2, 0.25) is 0 Å². The van der Waals surface area contributed by atoms with Gasteiger partial charge in [-0.3, -0.25) is 4.98 Å². The van der Waals surface area contributed by atoms with Gasteiger partial charge in [0.05, 0.1) is 16.4 Å². The van der Waals surface area contributed by atoms with Gasteiger partial charge in [-0.1, -0.05) is 11.6 Å². The standard InChI is InChI=1S/C11H8BrClFN3O2/c12-11(10(18)19)9(13)7(15)6(14)8(17-11)5-2-1-3-16-4-5/h1-4,17H,15H2,(H,18,19). The lowest BCUT2D eigenvalue weighted by Gasteiger charge is -2.31. The summed E-state index contributed by atoms with van der Waals surface area (Å²) in [5, 5.41) is 11.3. The van der Waals surface area contributed by atoms with Crippen molar-refractivity contribution in [3.63, 3.8) is 0 Å². The van der Waals surface area contributed by atoms with Gasteiger partial charge in [-0.25, -0.2) is 9.18 Å². The van der Waals surface area contributed by atoms with E-state index in [2.05, 4.69) is 26.2 Å². The van der Waals surface area contributed by atoms with Gasteiger partial charge in [0.15, 0.2) is 5.83 Å². The van der Waals surface area contributed by atoms with E-state index in [1.807, 2.05) is 0 Å². The highest BCUT2D eigenvalue weighted by atomic mass is 79.9. The number of carbonyl (C=O) groups is 1. The zero-order valence-corrected chi connectivity index (χ0v) is 11.7. The molecule has 0 aliphatic carbocycles. The number of aromatic nitrogens is 1. The van der Waals surface area contributed by atoms with Crippen molar-refractivity contribution in [3.05, 3.63) is 46.6 Å². The van der Waals surface area contributed by atoms with Crippen molar-refractivity contribution >= 4 is 39.2 Å². The molecule has 1 unspecified atom stereocenters. The maximum Gasteiger partial charge on any atom is 0.346 e. The number of allylic oxidation sites excluding steroid dienone is 1. The fourth-order valence-electron chi connectivity index (χ4n) is 1.56. The number of hydrogen-bond acceptors (Lipinski definition) is 4. The summed E-state index contributed by atoms with van der Waals surface area (Å²) in [6, 6.07) is 3.15. The zero-order valence-electron chi connectivity index (χ0n) is 9.32. The van der Waals surface area contributed by atoms with Crippen molar-refractivity contribution < 1.29 is 14.3 Å². The molecule has 0 saturated carbocycles. The van der Waals surface area contributed by atoms with Crippen LogP contribution in [0.1, 0.15) is 5.56 Å². The van der Waals surface area contributed by atoms with Crippen molar-refractivity contribution in [3.8, 4) is 0 Å². The Balaban J connectivity index is 2.60. The van der Waals surface area contributed by atoms with Crippen LogP contribution < -0.4 is 11.1 Å². The average Bonchev–Trinajstić information content (AvgIpc) is 2.41. The Bertz CT molecular complexity index is 605. The third kappa shape index (κ3) is 2.19. The maximum absolute atomic E-state index is 14.1. The molecule has 0 bridgehead atoms. The molecule has 0 radical (unpaired) electrons. The number of hydrogen-bond donors (Lipinski definition) is 3. The van der Waals surface area contributed by atoms with Gasteiger partial charge in [0.1, 0.15) is 0 Å². The average molecular weight is 349 g/mol. The highest BCUT2D eigenvalue weighted by Crippen LogP contribution is 2.39. The molecular formula is C11H8BrClFN3O2. The molecule has 4 N–H and O–H groups in total. The first kappa shape index (κ1) is 13.8. The van der Waals surface area contributed by atoms with Gasteiger partial charge >= 0.3 is 5.97 Å². The molecule has 0 aromatic carbocycles. The number of pyridine rings is 1. The smallest absolute Gasteiger partial charge is 0.346 e. The number of aliphatic carboxylic acids is 1. The molecular weight excluding hydrogens is 340 g/mol. The minimum Gasteiger partial charge on any atom is -0.479 e. The predicted octanol–water partition coefficient (Wildman–Crippen LogP) is 1.91.